The van der Waals surface area contributed by atoms with Crippen molar-refractivity contribution in [1.29, 1.82) is 0 Å². The number of aliphatic imine (C=N–C) groups is 1. The van der Waals surface area contributed by atoms with E-state index in [4.69, 9.17) is 5.73 Å². The number of nitrogens with zero attached hydrogens (tertiary/aromatic N) is 3. The first-order valence-corrected chi connectivity index (χ1v) is 11.3. The predicted molar refractivity (Wildman–Crippen MR) is 121 cm³/mol. The van der Waals surface area contributed by atoms with Crippen molar-refractivity contribution >= 4 is 23.2 Å². The number of carbonyl (C=O) groups is 2. The molecule has 2 saturated heterocycles. The molecule has 0 aromatic heterocycles. The topological polar surface area (TPSA) is 79.0 Å². The number of hydrogen-bond acceptors (Lipinski definition) is 4. The Kier molecular flexibility index (Phi) is 5.51. The Labute approximate surface area is 186 Å². The Balaban J connectivity index is 1.49. The van der Waals surface area contributed by atoms with Gasteiger partial charge in [0.2, 0.25) is 5.91 Å². The standard InChI is InChI=1S/C25H27FN4O2/c26-20-7-3-1-5-18(20)23-19-6-2-4-8-21(19)30(25(32)24(27)28-23)15-22(31)29-13-16-9-10-17(14-29)12-11-16/h1-8,16-17,24H,9-15,27H2/t16?,17?,24-/m1/s1. The SMILES string of the molecule is N[C@@H]1N=C(c2ccccc2F)c2ccccc2N(CC(=O)N2CC3CCC(CC3)C2)C1=O. The number of fused-ring (bicyclic) bond motifs is 5. The van der Waals surface area contributed by atoms with Gasteiger partial charge in [-0.15, -0.1) is 0 Å². The third-order valence-corrected chi connectivity index (χ3v) is 6.94. The number of benzene rings is 2. The number of carbonyl (C=O) groups excluding carboxylic acids is 2. The third-order valence-electron chi connectivity index (χ3n) is 6.94. The molecule has 2 amide bonds. The maximum atomic E-state index is 14.6. The molecule has 1 saturated carbocycles. The van der Waals surface area contributed by atoms with Crippen LogP contribution in [0.2, 0.25) is 0 Å². The maximum absolute atomic E-state index is 14.6. The molecule has 166 valence electrons. The van der Waals surface area contributed by atoms with Gasteiger partial charge in [0, 0.05) is 24.2 Å². The van der Waals surface area contributed by atoms with Crippen LogP contribution in [0.4, 0.5) is 10.1 Å². The minimum Gasteiger partial charge on any atom is -0.341 e. The molecule has 32 heavy (non-hydrogen) atoms. The first-order valence-electron chi connectivity index (χ1n) is 11.3. The van der Waals surface area contributed by atoms with E-state index in [1.165, 1.54) is 36.6 Å². The molecule has 2 aromatic carbocycles. The van der Waals surface area contributed by atoms with E-state index in [2.05, 4.69) is 4.99 Å². The molecule has 3 heterocycles. The zero-order valence-electron chi connectivity index (χ0n) is 17.9. The molecular formula is C25H27FN4O2. The van der Waals surface area contributed by atoms with E-state index in [0.29, 0.717) is 28.8 Å². The van der Waals surface area contributed by atoms with Gasteiger partial charge >= 0.3 is 0 Å². The fraction of sp³-hybridized carbons (Fsp3) is 0.400. The van der Waals surface area contributed by atoms with Gasteiger partial charge < -0.3 is 10.6 Å². The Morgan fingerprint density at radius 3 is 2.22 bits per heavy atom. The van der Waals surface area contributed by atoms with Crippen LogP contribution in [0.25, 0.3) is 0 Å². The molecule has 0 radical (unpaired) electrons. The average molecular weight is 435 g/mol. The molecular weight excluding hydrogens is 407 g/mol. The van der Waals surface area contributed by atoms with Crippen molar-refractivity contribution in [2.24, 2.45) is 22.6 Å². The number of halogens is 1. The largest absolute Gasteiger partial charge is 0.341 e. The molecule has 1 atom stereocenters. The van der Waals surface area contributed by atoms with Crippen molar-refractivity contribution in [2.45, 2.75) is 31.8 Å². The van der Waals surface area contributed by atoms with Gasteiger partial charge in [-0.3, -0.25) is 19.5 Å². The second kappa shape index (κ2) is 8.47. The minimum atomic E-state index is -1.22. The summed E-state index contributed by atoms with van der Waals surface area (Å²) in [5.74, 6) is 0.111. The molecule has 2 aromatic rings. The minimum absolute atomic E-state index is 0.0755. The summed E-state index contributed by atoms with van der Waals surface area (Å²) >= 11 is 0. The lowest BCUT2D eigenvalue weighted by Crippen LogP contribution is -2.48. The normalized spacial score (nSPS) is 25.1. The van der Waals surface area contributed by atoms with Crippen molar-refractivity contribution in [3.63, 3.8) is 0 Å². The molecule has 4 aliphatic rings. The third kappa shape index (κ3) is 3.81. The second-order valence-electron chi connectivity index (χ2n) is 9.03. The highest BCUT2D eigenvalue weighted by molar-refractivity contribution is 6.20. The number of anilines is 1. The Bertz CT molecular complexity index is 1060. The number of amides is 2. The van der Waals surface area contributed by atoms with E-state index in [-0.39, 0.29) is 18.0 Å². The molecule has 6 rings (SSSR count). The number of para-hydroxylation sites is 1. The van der Waals surface area contributed by atoms with Gasteiger partial charge in [0.25, 0.3) is 5.91 Å². The molecule has 6 nitrogen and oxygen atoms in total. The van der Waals surface area contributed by atoms with Crippen LogP contribution < -0.4 is 10.6 Å². The molecule has 0 spiro atoms. The summed E-state index contributed by atoms with van der Waals surface area (Å²) in [4.78, 5) is 34.3. The Morgan fingerprint density at radius 1 is 0.969 bits per heavy atom. The molecule has 3 fully saturated rings. The summed E-state index contributed by atoms with van der Waals surface area (Å²) in [6.07, 6.45) is 3.47. The number of nitrogens with two attached hydrogens (primary N) is 1. The molecule has 3 aliphatic heterocycles. The summed E-state index contributed by atoms with van der Waals surface area (Å²) in [5, 5.41) is 0. The van der Waals surface area contributed by atoms with Crippen molar-refractivity contribution in [1.82, 2.24) is 4.90 Å². The van der Waals surface area contributed by atoms with Crippen molar-refractivity contribution in [3.05, 3.63) is 65.5 Å². The Morgan fingerprint density at radius 2 is 1.56 bits per heavy atom. The van der Waals surface area contributed by atoms with Crippen LogP contribution in [-0.4, -0.2) is 48.2 Å². The van der Waals surface area contributed by atoms with Gasteiger partial charge in [0.05, 0.1) is 11.4 Å². The van der Waals surface area contributed by atoms with E-state index in [0.717, 1.165) is 13.1 Å². The van der Waals surface area contributed by atoms with E-state index >= 15 is 0 Å². The summed E-state index contributed by atoms with van der Waals surface area (Å²) < 4.78 is 14.6. The van der Waals surface area contributed by atoms with Crippen LogP contribution in [0, 0.1) is 17.7 Å². The fourth-order valence-corrected chi connectivity index (χ4v) is 5.22. The maximum Gasteiger partial charge on any atom is 0.266 e. The van der Waals surface area contributed by atoms with Crippen molar-refractivity contribution < 1.29 is 14.0 Å². The number of hydrogen-bond donors (Lipinski definition) is 1. The van der Waals surface area contributed by atoms with Crippen LogP contribution >= 0.6 is 0 Å². The molecule has 7 heteroatoms. The van der Waals surface area contributed by atoms with Crippen LogP contribution in [0.1, 0.15) is 36.8 Å². The van der Waals surface area contributed by atoms with Gasteiger partial charge in [-0.1, -0.05) is 30.3 Å². The van der Waals surface area contributed by atoms with Gasteiger partial charge in [0.15, 0.2) is 6.17 Å². The first kappa shape index (κ1) is 20.8. The predicted octanol–water partition coefficient (Wildman–Crippen LogP) is 2.94. The molecule has 2 N–H and O–H groups in total. The van der Waals surface area contributed by atoms with E-state index < -0.39 is 17.9 Å². The van der Waals surface area contributed by atoms with Crippen LogP contribution in [0.3, 0.4) is 0 Å². The monoisotopic (exact) mass is 434 g/mol. The highest BCUT2D eigenvalue weighted by atomic mass is 19.1. The highest BCUT2D eigenvalue weighted by Crippen LogP contribution is 2.34. The zero-order valence-corrected chi connectivity index (χ0v) is 17.9. The summed E-state index contributed by atoms with van der Waals surface area (Å²) in [6, 6.07) is 13.5. The summed E-state index contributed by atoms with van der Waals surface area (Å²) in [5.41, 5.74) is 7.85. The average Bonchev–Trinajstić information content (AvgIpc) is 3.19. The Hall–Kier alpha value is -3.06. The lowest BCUT2D eigenvalue weighted by Gasteiger charge is -2.28. The van der Waals surface area contributed by atoms with E-state index in [9.17, 15) is 14.0 Å². The summed E-state index contributed by atoms with van der Waals surface area (Å²) in [7, 11) is 0. The van der Waals surface area contributed by atoms with Crippen LogP contribution in [0.15, 0.2) is 53.5 Å². The van der Waals surface area contributed by atoms with E-state index in [1.807, 2.05) is 11.0 Å². The second-order valence-corrected chi connectivity index (χ2v) is 9.03. The van der Waals surface area contributed by atoms with Crippen LogP contribution in [-0.2, 0) is 9.59 Å². The smallest absolute Gasteiger partial charge is 0.266 e. The highest BCUT2D eigenvalue weighted by Gasteiger charge is 2.35. The van der Waals surface area contributed by atoms with Gasteiger partial charge in [0.1, 0.15) is 12.4 Å². The number of rotatable bonds is 3. The fourth-order valence-electron chi connectivity index (χ4n) is 5.22. The van der Waals surface area contributed by atoms with Crippen LogP contribution in [0.5, 0.6) is 0 Å². The molecule has 0 unspecified atom stereocenters. The zero-order chi connectivity index (χ0) is 22.2. The van der Waals surface area contributed by atoms with Gasteiger partial charge in [-0.2, -0.15) is 0 Å². The van der Waals surface area contributed by atoms with Gasteiger partial charge in [-0.05, 0) is 55.7 Å². The molecule has 2 bridgehead atoms. The lowest BCUT2D eigenvalue weighted by atomic mass is 9.84. The van der Waals surface area contributed by atoms with Crippen molar-refractivity contribution in [2.75, 3.05) is 24.5 Å². The number of benzodiazepines with no additional fused rings is 1. The molecule has 1 aliphatic carbocycles. The van der Waals surface area contributed by atoms with Crippen molar-refractivity contribution in [3.8, 4) is 0 Å². The van der Waals surface area contributed by atoms with Gasteiger partial charge in [-0.25, -0.2) is 4.39 Å². The lowest BCUT2D eigenvalue weighted by molar-refractivity contribution is -0.132. The van der Waals surface area contributed by atoms with E-state index in [1.54, 1.807) is 36.4 Å². The first-order chi connectivity index (χ1) is 15.5. The quantitative estimate of drug-likeness (QED) is 0.807. The summed E-state index contributed by atoms with van der Waals surface area (Å²) in [6.45, 7) is 1.41.